The molecule has 0 spiro atoms. The summed E-state index contributed by atoms with van der Waals surface area (Å²) < 4.78 is 5.04. The minimum atomic E-state index is -0.645. The highest BCUT2D eigenvalue weighted by Crippen LogP contribution is 2.30. The van der Waals surface area contributed by atoms with E-state index in [9.17, 15) is 14.4 Å². The molecule has 0 saturated carbocycles. The molecule has 0 radical (unpaired) electrons. The number of carbonyl (C=O) groups excluding carboxylic acids is 3. The van der Waals surface area contributed by atoms with Gasteiger partial charge in [-0.05, 0) is 67.4 Å². The van der Waals surface area contributed by atoms with E-state index in [0.29, 0.717) is 40.1 Å². The van der Waals surface area contributed by atoms with Crippen LogP contribution < -0.4 is 5.32 Å². The third-order valence-corrected chi connectivity index (χ3v) is 7.05. The lowest BCUT2D eigenvalue weighted by Crippen LogP contribution is -2.46. The molecule has 3 aromatic carbocycles. The summed E-state index contributed by atoms with van der Waals surface area (Å²) in [7, 11) is 0. The Labute approximate surface area is 224 Å². The van der Waals surface area contributed by atoms with Gasteiger partial charge in [0.2, 0.25) is 11.8 Å². The summed E-state index contributed by atoms with van der Waals surface area (Å²) in [5.41, 5.74) is 2.68. The Morgan fingerprint density at radius 2 is 1.76 bits per heavy atom. The second kappa shape index (κ2) is 12.6. The van der Waals surface area contributed by atoms with Crippen LogP contribution in [0, 0.1) is 0 Å². The van der Waals surface area contributed by atoms with E-state index in [1.807, 2.05) is 30.3 Å². The maximum Gasteiger partial charge on any atom is 0.338 e. The predicted molar refractivity (Wildman–Crippen MR) is 147 cm³/mol. The first-order valence-electron chi connectivity index (χ1n) is 11.9. The zero-order valence-corrected chi connectivity index (χ0v) is 21.8. The zero-order valence-electron chi connectivity index (χ0n) is 20.2. The number of hydrogen-bond acceptors (Lipinski definition) is 6. The molecular weight excluding hydrogens is 510 g/mol. The van der Waals surface area contributed by atoms with E-state index in [4.69, 9.17) is 21.3 Å². The minimum absolute atomic E-state index is 0.0553. The average Bonchev–Trinajstić information content (AvgIpc) is 2.90. The van der Waals surface area contributed by atoms with Crippen LogP contribution in [0.5, 0.6) is 0 Å². The molecule has 1 fully saturated rings. The van der Waals surface area contributed by atoms with Crippen molar-refractivity contribution in [2.45, 2.75) is 25.0 Å². The molecule has 190 valence electrons. The third kappa shape index (κ3) is 7.21. The lowest BCUT2D eigenvalue weighted by Gasteiger charge is -2.32. The number of amidine groups is 1. The maximum atomic E-state index is 13.2. The fraction of sp³-hybridized carbons (Fsp3) is 0.214. The van der Waals surface area contributed by atoms with Crippen LogP contribution in [-0.2, 0) is 20.7 Å². The largest absolute Gasteiger partial charge is 0.462 e. The summed E-state index contributed by atoms with van der Waals surface area (Å²) in [6.07, 6.45) is 0.704. The molecule has 37 heavy (non-hydrogen) atoms. The minimum Gasteiger partial charge on any atom is -0.462 e. The van der Waals surface area contributed by atoms with E-state index in [-0.39, 0.29) is 24.8 Å². The van der Waals surface area contributed by atoms with Gasteiger partial charge in [0.05, 0.1) is 17.9 Å². The number of rotatable bonds is 8. The summed E-state index contributed by atoms with van der Waals surface area (Å²) >= 11 is 7.18. The van der Waals surface area contributed by atoms with Gasteiger partial charge in [-0.25, -0.2) is 9.79 Å². The Hall–Kier alpha value is -3.62. The van der Waals surface area contributed by atoms with E-state index in [1.54, 1.807) is 60.4 Å². The number of ether oxygens (including phenoxy) is 1. The van der Waals surface area contributed by atoms with Gasteiger partial charge < -0.3 is 10.1 Å². The van der Waals surface area contributed by atoms with Crippen molar-refractivity contribution in [2.75, 3.05) is 18.5 Å². The van der Waals surface area contributed by atoms with Gasteiger partial charge in [0.15, 0.2) is 5.17 Å². The molecule has 1 unspecified atom stereocenters. The number of anilines is 1. The van der Waals surface area contributed by atoms with Crippen LogP contribution in [-0.4, -0.2) is 46.3 Å². The number of hydrogen-bond donors (Lipinski definition) is 1. The SMILES string of the molecule is CCOC(=O)c1ccc(N=C2SC(C(=O)Nc3ccc(Cl)cc3)CC(=O)N2CCc2ccccc2)cc1. The lowest BCUT2D eigenvalue weighted by molar-refractivity contribution is -0.129. The molecule has 0 bridgehead atoms. The fourth-order valence-electron chi connectivity index (χ4n) is 3.70. The molecular formula is C28H26ClN3O4S. The molecule has 1 heterocycles. The number of nitrogens with one attached hydrogen (secondary N) is 1. The van der Waals surface area contributed by atoms with E-state index in [1.165, 1.54) is 11.8 Å². The van der Waals surface area contributed by atoms with Gasteiger partial charge in [0.25, 0.3) is 0 Å². The molecule has 0 aliphatic carbocycles. The van der Waals surface area contributed by atoms with Crippen LogP contribution in [0.25, 0.3) is 0 Å². The highest BCUT2D eigenvalue weighted by Gasteiger charge is 2.35. The standard InChI is InChI=1S/C28H26ClN3O4S/c1-2-36-27(35)20-8-12-23(13-9-20)31-28-32(17-16-19-6-4-3-5-7-19)25(33)18-24(37-28)26(34)30-22-14-10-21(29)11-15-22/h3-15,24H,2,16-18H2,1H3,(H,30,34). The van der Waals surface area contributed by atoms with Crippen LogP contribution in [0.1, 0.15) is 29.3 Å². The lowest BCUT2D eigenvalue weighted by atomic mass is 10.1. The highest BCUT2D eigenvalue weighted by atomic mass is 35.5. The van der Waals surface area contributed by atoms with E-state index in [0.717, 1.165) is 5.56 Å². The number of aliphatic imine (C=N–C) groups is 1. The normalized spacial score (nSPS) is 16.5. The van der Waals surface area contributed by atoms with E-state index >= 15 is 0 Å². The summed E-state index contributed by atoms with van der Waals surface area (Å²) in [5, 5.41) is 3.21. The Morgan fingerprint density at radius 1 is 1.05 bits per heavy atom. The van der Waals surface area contributed by atoms with Crippen LogP contribution >= 0.6 is 23.4 Å². The molecule has 1 atom stereocenters. The predicted octanol–water partition coefficient (Wildman–Crippen LogP) is 5.72. The first-order valence-corrected chi connectivity index (χ1v) is 13.1. The molecule has 1 aliphatic heterocycles. The molecule has 3 aromatic rings. The number of nitrogens with zero attached hydrogens (tertiary/aromatic N) is 2. The molecule has 1 saturated heterocycles. The number of esters is 1. The van der Waals surface area contributed by atoms with Gasteiger partial charge in [-0.3, -0.25) is 14.5 Å². The number of benzene rings is 3. The molecule has 9 heteroatoms. The quantitative estimate of drug-likeness (QED) is 0.373. The highest BCUT2D eigenvalue weighted by molar-refractivity contribution is 8.15. The van der Waals surface area contributed by atoms with Crippen LogP contribution in [0.4, 0.5) is 11.4 Å². The molecule has 0 aromatic heterocycles. The first-order chi connectivity index (χ1) is 17.9. The number of thioether (sulfide) groups is 1. The third-order valence-electron chi connectivity index (χ3n) is 5.61. The number of carbonyl (C=O) groups is 3. The van der Waals surface area contributed by atoms with Crippen molar-refractivity contribution in [3.63, 3.8) is 0 Å². The van der Waals surface area contributed by atoms with Crippen molar-refractivity contribution >= 4 is 57.7 Å². The van der Waals surface area contributed by atoms with Gasteiger partial charge in [-0.15, -0.1) is 0 Å². The molecule has 1 aliphatic rings. The van der Waals surface area contributed by atoms with Crippen LogP contribution in [0.15, 0.2) is 83.9 Å². The Bertz CT molecular complexity index is 1280. The van der Waals surface area contributed by atoms with Crippen molar-refractivity contribution in [3.05, 3.63) is 95.0 Å². The van der Waals surface area contributed by atoms with Gasteiger partial charge in [-0.1, -0.05) is 53.7 Å². The molecule has 2 amide bonds. The average molecular weight is 536 g/mol. The maximum absolute atomic E-state index is 13.2. The topological polar surface area (TPSA) is 88.1 Å². The van der Waals surface area contributed by atoms with Gasteiger partial charge in [-0.2, -0.15) is 0 Å². The Morgan fingerprint density at radius 3 is 2.43 bits per heavy atom. The zero-order chi connectivity index (χ0) is 26.2. The number of amides is 2. The first kappa shape index (κ1) is 26.4. The van der Waals surface area contributed by atoms with Crippen molar-refractivity contribution in [3.8, 4) is 0 Å². The van der Waals surface area contributed by atoms with Crippen molar-refractivity contribution in [2.24, 2.45) is 4.99 Å². The van der Waals surface area contributed by atoms with Crippen molar-refractivity contribution in [1.82, 2.24) is 4.90 Å². The van der Waals surface area contributed by atoms with Crippen LogP contribution in [0.2, 0.25) is 5.02 Å². The monoisotopic (exact) mass is 535 g/mol. The molecule has 7 nitrogen and oxygen atoms in total. The Kier molecular flexibility index (Phi) is 8.98. The van der Waals surface area contributed by atoms with Crippen molar-refractivity contribution < 1.29 is 19.1 Å². The number of halogens is 1. The van der Waals surface area contributed by atoms with Gasteiger partial charge in [0.1, 0.15) is 5.25 Å². The fourth-order valence-corrected chi connectivity index (χ4v) is 4.95. The molecule has 4 rings (SSSR count). The summed E-state index contributed by atoms with van der Waals surface area (Å²) in [6.45, 7) is 2.47. The molecule has 1 N–H and O–H groups in total. The van der Waals surface area contributed by atoms with Gasteiger partial charge >= 0.3 is 5.97 Å². The van der Waals surface area contributed by atoms with Gasteiger partial charge in [0, 0.05) is 23.7 Å². The summed E-state index contributed by atoms with van der Waals surface area (Å²) in [5.74, 6) is -0.867. The smallest absolute Gasteiger partial charge is 0.338 e. The second-order valence-corrected chi connectivity index (χ2v) is 9.86. The van der Waals surface area contributed by atoms with E-state index in [2.05, 4.69) is 5.32 Å². The second-order valence-electron chi connectivity index (χ2n) is 8.25. The summed E-state index contributed by atoms with van der Waals surface area (Å²) in [6, 6.07) is 23.3. The van der Waals surface area contributed by atoms with E-state index < -0.39 is 11.2 Å². The Balaban J connectivity index is 1.55. The van der Waals surface area contributed by atoms with Crippen molar-refractivity contribution in [1.29, 1.82) is 0 Å². The summed E-state index contributed by atoms with van der Waals surface area (Å²) in [4.78, 5) is 44.5. The van der Waals surface area contributed by atoms with Crippen LogP contribution in [0.3, 0.4) is 0 Å².